The first kappa shape index (κ1) is 23.0. The first-order valence-electron chi connectivity index (χ1n) is 10.9. The molecular formula is C24H25FN6O3. The summed E-state index contributed by atoms with van der Waals surface area (Å²) in [6.45, 7) is 4.00. The van der Waals surface area contributed by atoms with Crippen LogP contribution in [0.5, 0.6) is 0 Å². The number of carboxylic acids is 1. The molecule has 0 spiro atoms. The second-order valence-corrected chi connectivity index (χ2v) is 7.84. The number of rotatable bonds is 10. The number of nitrogens with zero attached hydrogens (tertiary/aromatic N) is 3. The Hall–Kier alpha value is -4.21. The number of carbonyl (C=O) groups is 1. The van der Waals surface area contributed by atoms with Crippen molar-refractivity contribution in [1.29, 1.82) is 0 Å². The summed E-state index contributed by atoms with van der Waals surface area (Å²) < 4.78 is 19.4. The van der Waals surface area contributed by atoms with Crippen LogP contribution in [0.3, 0.4) is 0 Å². The molecule has 2 aromatic carbocycles. The molecule has 0 aliphatic rings. The van der Waals surface area contributed by atoms with Crippen LogP contribution in [0.25, 0.3) is 11.5 Å². The lowest BCUT2D eigenvalue weighted by molar-refractivity contribution is -0.137. The van der Waals surface area contributed by atoms with E-state index in [-0.39, 0.29) is 12.2 Å². The number of imidazole rings is 1. The number of hydrogen-bond acceptors (Lipinski definition) is 7. The minimum atomic E-state index is -0.986. The van der Waals surface area contributed by atoms with Crippen molar-refractivity contribution in [2.75, 3.05) is 10.6 Å². The van der Waals surface area contributed by atoms with Crippen molar-refractivity contribution >= 4 is 17.6 Å². The normalized spacial score (nSPS) is 11.9. The monoisotopic (exact) mass is 464 g/mol. The van der Waals surface area contributed by atoms with Gasteiger partial charge in [0.25, 0.3) is 0 Å². The zero-order valence-corrected chi connectivity index (χ0v) is 18.8. The highest BCUT2D eigenvalue weighted by Crippen LogP contribution is 2.25. The summed E-state index contributed by atoms with van der Waals surface area (Å²) >= 11 is 0. The van der Waals surface area contributed by atoms with Crippen LogP contribution in [0.2, 0.25) is 0 Å². The Morgan fingerprint density at radius 2 is 2.03 bits per heavy atom. The van der Waals surface area contributed by atoms with Gasteiger partial charge in [-0.1, -0.05) is 19.1 Å². The molecule has 34 heavy (non-hydrogen) atoms. The summed E-state index contributed by atoms with van der Waals surface area (Å²) in [5.74, 6) is 0.0635. The highest BCUT2D eigenvalue weighted by atomic mass is 19.1. The highest BCUT2D eigenvalue weighted by Gasteiger charge is 2.21. The minimum absolute atomic E-state index is 0.248. The molecule has 1 unspecified atom stereocenters. The van der Waals surface area contributed by atoms with Gasteiger partial charge < -0.3 is 25.1 Å². The Bertz CT molecular complexity index is 1250. The number of aromatic amines is 1. The van der Waals surface area contributed by atoms with Crippen LogP contribution < -0.4 is 10.6 Å². The van der Waals surface area contributed by atoms with Gasteiger partial charge in [-0.05, 0) is 54.3 Å². The second kappa shape index (κ2) is 10.2. The number of anilines is 2. The van der Waals surface area contributed by atoms with Crippen molar-refractivity contribution in [2.24, 2.45) is 0 Å². The Balaban J connectivity index is 1.43. The fourth-order valence-electron chi connectivity index (χ4n) is 3.65. The Labute approximate surface area is 195 Å². The first-order valence-corrected chi connectivity index (χ1v) is 10.9. The van der Waals surface area contributed by atoms with Gasteiger partial charge in [-0.2, -0.15) is 0 Å². The maximum Gasteiger partial charge on any atom is 0.326 e. The minimum Gasteiger partial charge on any atom is -0.480 e. The SMILES string of the molecule is CCc1cc(F)cc(C)c1NC(Cc1ccc(-c2nnc(CNc3ncc[nH]3)o2)cc1)C(=O)O. The number of benzene rings is 2. The van der Waals surface area contributed by atoms with E-state index >= 15 is 0 Å². The molecule has 4 N–H and O–H groups in total. The van der Waals surface area contributed by atoms with E-state index in [0.717, 1.165) is 16.7 Å². The number of carboxylic acid groups (broad SMARTS) is 1. The fraction of sp³-hybridized carbons (Fsp3) is 0.250. The van der Waals surface area contributed by atoms with E-state index in [4.69, 9.17) is 4.42 Å². The molecule has 4 rings (SSSR count). The number of aliphatic carboxylic acids is 1. The summed E-state index contributed by atoms with van der Waals surface area (Å²) in [4.78, 5) is 18.9. The van der Waals surface area contributed by atoms with Crippen LogP contribution >= 0.6 is 0 Å². The van der Waals surface area contributed by atoms with E-state index in [2.05, 4.69) is 30.8 Å². The Morgan fingerprint density at radius 3 is 2.71 bits per heavy atom. The number of aryl methyl sites for hydroxylation is 2. The van der Waals surface area contributed by atoms with Crippen LogP contribution in [-0.2, 0) is 24.2 Å². The number of halogens is 1. The van der Waals surface area contributed by atoms with E-state index in [1.807, 2.05) is 31.2 Å². The molecule has 9 nitrogen and oxygen atoms in total. The fourth-order valence-corrected chi connectivity index (χ4v) is 3.65. The summed E-state index contributed by atoms with van der Waals surface area (Å²) in [7, 11) is 0. The molecule has 0 saturated heterocycles. The standard InChI is InChI=1S/C24H25FN6O3/c1-3-16-12-18(25)10-14(2)21(16)29-19(23(32)33)11-15-4-6-17(7-5-15)22-31-30-20(34-22)13-28-24-26-8-9-27-24/h4-10,12,19,29H,3,11,13H2,1-2H3,(H,32,33)(H2,26,27,28). The Kier molecular flexibility index (Phi) is 6.86. The summed E-state index contributed by atoms with van der Waals surface area (Å²) in [6.07, 6.45) is 4.18. The van der Waals surface area contributed by atoms with Gasteiger partial charge in [0.2, 0.25) is 17.7 Å². The van der Waals surface area contributed by atoms with E-state index in [9.17, 15) is 14.3 Å². The zero-order chi connectivity index (χ0) is 24.1. The van der Waals surface area contributed by atoms with Crippen molar-refractivity contribution in [3.63, 3.8) is 0 Å². The van der Waals surface area contributed by atoms with Crippen molar-refractivity contribution in [2.45, 2.75) is 39.3 Å². The summed E-state index contributed by atoms with van der Waals surface area (Å²) in [6, 6.07) is 9.25. The molecular weight excluding hydrogens is 439 g/mol. The van der Waals surface area contributed by atoms with Crippen molar-refractivity contribution in [3.8, 4) is 11.5 Å². The predicted molar refractivity (Wildman–Crippen MR) is 125 cm³/mol. The first-order chi connectivity index (χ1) is 16.4. The van der Waals surface area contributed by atoms with Crippen molar-refractivity contribution < 1.29 is 18.7 Å². The average Bonchev–Trinajstić information content (AvgIpc) is 3.51. The highest BCUT2D eigenvalue weighted by molar-refractivity contribution is 5.79. The van der Waals surface area contributed by atoms with E-state index in [1.165, 1.54) is 12.1 Å². The zero-order valence-electron chi connectivity index (χ0n) is 18.8. The molecule has 0 amide bonds. The lowest BCUT2D eigenvalue weighted by Crippen LogP contribution is -2.32. The molecule has 10 heteroatoms. The second-order valence-electron chi connectivity index (χ2n) is 7.84. The third kappa shape index (κ3) is 5.40. The van der Waals surface area contributed by atoms with Crippen molar-refractivity contribution in [1.82, 2.24) is 20.2 Å². The number of H-pyrrole nitrogens is 1. The Morgan fingerprint density at radius 1 is 1.24 bits per heavy atom. The largest absolute Gasteiger partial charge is 0.480 e. The maximum absolute atomic E-state index is 13.8. The van der Waals surface area contributed by atoms with Gasteiger partial charge in [0.05, 0.1) is 6.54 Å². The number of nitrogens with one attached hydrogen (secondary N) is 3. The molecule has 0 bridgehead atoms. The van der Waals surface area contributed by atoms with Gasteiger partial charge in [-0.25, -0.2) is 14.2 Å². The predicted octanol–water partition coefficient (Wildman–Crippen LogP) is 4.19. The third-order valence-corrected chi connectivity index (χ3v) is 5.39. The van der Waals surface area contributed by atoms with Gasteiger partial charge in [0.1, 0.15) is 11.9 Å². The molecule has 0 saturated carbocycles. The molecule has 0 aliphatic carbocycles. The van der Waals surface area contributed by atoms with Crippen LogP contribution in [0.4, 0.5) is 16.0 Å². The van der Waals surface area contributed by atoms with Gasteiger partial charge in [0.15, 0.2) is 0 Å². The van der Waals surface area contributed by atoms with Crippen LogP contribution in [-0.4, -0.2) is 37.3 Å². The average molecular weight is 465 g/mol. The molecule has 2 aromatic heterocycles. The number of hydrogen-bond donors (Lipinski definition) is 4. The maximum atomic E-state index is 13.8. The van der Waals surface area contributed by atoms with E-state index < -0.39 is 12.0 Å². The van der Waals surface area contributed by atoms with E-state index in [1.54, 1.807) is 19.3 Å². The quantitative estimate of drug-likeness (QED) is 0.275. The smallest absolute Gasteiger partial charge is 0.326 e. The van der Waals surface area contributed by atoms with Gasteiger partial charge >= 0.3 is 5.97 Å². The summed E-state index contributed by atoms with van der Waals surface area (Å²) in [5.41, 5.74) is 3.62. The topological polar surface area (TPSA) is 129 Å². The third-order valence-electron chi connectivity index (χ3n) is 5.39. The molecule has 0 radical (unpaired) electrons. The van der Waals surface area contributed by atoms with Gasteiger partial charge in [0, 0.05) is 30.1 Å². The lowest BCUT2D eigenvalue weighted by Gasteiger charge is -2.20. The number of aromatic nitrogens is 4. The van der Waals surface area contributed by atoms with Crippen LogP contribution in [0, 0.1) is 12.7 Å². The molecule has 0 fully saturated rings. The van der Waals surface area contributed by atoms with E-state index in [0.29, 0.717) is 41.9 Å². The van der Waals surface area contributed by atoms with Crippen molar-refractivity contribution in [3.05, 3.63) is 77.2 Å². The van der Waals surface area contributed by atoms with Gasteiger partial charge in [-0.15, -0.1) is 10.2 Å². The molecule has 176 valence electrons. The molecule has 1 atom stereocenters. The van der Waals surface area contributed by atoms with Crippen LogP contribution in [0.15, 0.2) is 53.2 Å². The lowest BCUT2D eigenvalue weighted by atomic mass is 10.0. The molecule has 2 heterocycles. The summed E-state index contributed by atoms with van der Waals surface area (Å²) in [5, 5.41) is 24.0. The molecule has 0 aliphatic heterocycles. The molecule has 4 aromatic rings. The van der Waals surface area contributed by atoms with Gasteiger partial charge in [-0.3, -0.25) is 0 Å². The van der Waals surface area contributed by atoms with Crippen LogP contribution in [0.1, 0.15) is 29.5 Å².